The molecule has 0 spiro atoms. The maximum absolute atomic E-state index is 13.1. The van der Waals surface area contributed by atoms with Gasteiger partial charge in [-0.1, -0.05) is 13.8 Å². The van der Waals surface area contributed by atoms with E-state index in [1.807, 2.05) is 13.8 Å². The third-order valence-electron chi connectivity index (χ3n) is 2.52. The number of hydrogen-bond donors (Lipinski definition) is 2. The molecule has 0 fully saturated rings. The summed E-state index contributed by atoms with van der Waals surface area (Å²) in [6, 6.07) is 3.52. The van der Waals surface area contributed by atoms with Crippen LogP contribution in [0.5, 0.6) is 5.75 Å². The van der Waals surface area contributed by atoms with Gasteiger partial charge in [0.05, 0.1) is 18.0 Å². The number of nitrogens with one attached hydrogen (secondary N) is 1. The van der Waals surface area contributed by atoms with E-state index in [9.17, 15) is 12.8 Å². The smallest absolute Gasteiger partial charge is 0.232 e. The van der Waals surface area contributed by atoms with Crippen LogP contribution >= 0.6 is 0 Å². The molecule has 2 N–H and O–H groups in total. The third kappa shape index (κ3) is 5.75. The van der Waals surface area contributed by atoms with E-state index in [2.05, 4.69) is 4.72 Å². The van der Waals surface area contributed by atoms with Crippen molar-refractivity contribution in [2.75, 3.05) is 23.7 Å². The van der Waals surface area contributed by atoms with E-state index in [4.69, 9.17) is 9.84 Å². The van der Waals surface area contributed by atoms with E-state index in [0.29, 0.717) is 6.42 Å². The molecule has 0 bridgehead atoms. The standard InChI is InChI=1S/C13H20FNO4S/c1-10(2)5-8-20(17,18)15-12-4-3-11(14)9-13(12)19-7-6-16/h3-4,9-10,15-16H,5-8H2,1-2H3. The molecule has 20 heavy (non-hydrogen) atoms. The van der Waals surface area contributed by atoms with Crippen LogP contribution in [0.4, 0.5) is 10.1 Å². The van der Waals surface area contributed by atoms with Crippen LogP contribution in [0.2, 0.25) is 0 Å². The van der Waals surface area contributed by atoms with Gasteiger partial charge in [-0.25, -0.2) is 12.8 Å². The zero-order chi connectivity index (χ0) is 15.2. The molecule has 114 valence electrons. The lowest BCUT2D eigenvalue weighted by Crippen LogP contribution is -2.18. The fourth-order valence-electron chi connectivity index (χ4n) is 1.46. The van der Waals surface area contributed by atoms with Crippen molar-refractivity contribution >= 4 is 15.7 Å². The van der Waals surface area contributed by atoms with Crippen molar-refractivity contribution in [1.29, 1.82) is 0 Å². The number of hydrogen-bond acceptors (Lipinski definition) is 4. The van der Waals surface area contributed by atoms with E-state index in [-0.39, 0.29) is 36.3 Å². The first-order chi connectivity index (χ1) is 9.34. The summed E-state index contributed by atoms with van der Waals surface area (Å²) in [4.78, 5) is 0. The third-order valence-corrected chi connectivity index (χ3v) is 3.83. The molecule has 0 saturated heterocycles. The number of aliphatic hydroxyl groups excluding tert-OH is 1. The molecule has 0 heterocycles. The molecule has 0 amide bonds. The van der Waals surface area contributed by atoms with E-state index in [0.717, 1.165) is 12.1 Å². The summed E-state index contributed by atoms with van der Waals surface area (Å²) >= 11 is 0. The fourth-order valence-corrected chi connectivity index (χ4v) is 2.85. The van der Waals surface area contributed by atoms with E-state index in [1.165, 1.54) is 6.07 Å². The summed E-state index contributed by atoms with van der Waals surface area (Å²) in [6.45, 7) is 3.59. The Labute approximate surface area is 118 Å². The first kappa shape index (κ1) is 16.7. The van der Waals surface area contributed by atoms with Crippen molar-refractivity contribution in [2.45, 2.75) is 20.3 Å². The number of sulfonamides is 1. The zero-order valence-electron chi connectivity index (χ0n) is 11.6. The maximum Gasteiger partial charge on any atom is 0.232 e. The van der Waals surface area contributed by atoms with E-state index in [1.54, 1.807) is 0 Å². The van der Waals surface area contributed by atoms with Gasteiger partial charge in [0.2, 0.25) is 10.0 Å². The molecule has 0 aliphatic heterocycles. The van der Waals surface area contributed by atoms with Gasteiger partial charge >= 0.3 is 0 Å². The summed E-state index contributed by atoms with van der Waals surface area (Å²) in [6.07, 6.45) is 0.531. The molecule has 1 rings (SSSR count). The minimum Gasteiger partial charge on any atom is -0.489 e. The van der Waals surface area contributed by atoms with Crippen molar-refractivity contribution in [3.8, 4) is 5.75 Å². The number of aliphatic hydroxyl groups is 1. The molecule has 1 aromatic rings. The SMILES string of the molecule is CC(C)CCS(=O)(=O)Nc1ccc(F)cc1OCCO. The Kier molecular flexibility index (Phi) is 6.22. The number of benzene rings is 1. The topological polar surface area (TPSA) is 75.6 Å². The van der Waals surface area contributed by atoms with Gasteiger partial charge in [0.25, 0.3) is 0 Å². The highest BCUT2D eigenvalue weighted by molar-refractivity contribution is 7.92. The molecule has 7 heteroatoms. The van der Waals surface area contributed by atoms with Crippen LogP contribution in [0, 0.1) is 11.7 Å². The monoisotopic (exact) mass is 305 g/mol. The van der Waals surface area contributed by atoms with Crippen LogP contribution in [0.3, 0.4) is 0 Å². The predicted molar refractivity (Wildman–Crippen MR) is 75.8 cm³/mol. The normalized spacial score (nSPS) is 11.7. The Hall–Kier alpha value is -1.34. The highest BCUT2D eigenvalue weighted by atomic mass is 32.2. The van der Waals surface area contributed by atoms with Crippen molar-refractivity contribution < 1.29 is 22.7 Å². The molecule has 0 aromatic heterocycles. The largest absolute Gasteiger partial charge is 0.489 e. The first-order valence-corrected chi connectivity index (χ1v) is 8.03. The first-order valence-electron chi connectivity index (χ1n) is 6.38. The number of anilines is 1. The van der Waals surface area contributed by atoms with Crippen LogP contribution in [-0.2, 0) is 10.0 Å². The Bertz CT molecular complexity index is 531. The van der Waals surface area contributed by atoms with Crippen LogP contribution < -0.4 is 9.46 Å². The molecule has 0 saturated carbocycles. The summed E-state index contributed by atoms with van der Waals surface area (Å²) < 4.78 is 44.5. The minimum atomic E-state index is -3.51. The molecule has 0 aliphatic rings. The summed E-state index contributed by atoms with van der Waals surface area (Å²) in [5.41, 5.74) is 0.170. The highest BCUT2D eigenvalue weighted by Crippen LogP contribution is 2.26. The lowest BCUT2D eigenvalue weighted by atomic mass is 10.2. The van der Waals surface area contributed by atoms with Crippen molar-refractivity contribution in [1.82, 2.24) is 0 Å². The quantitative estimate of drug-likeness (QED) is 0.770. The molecule has 0 unspecified atom stereocenters. The Morgan fingerprint density at radius 2 is 2.10 bits per heavy atom. The molecule has 1 aromatic carbocycles. The van der Waals surface area contributed by atoms with Gasteiger partial charge in [0.15, 0.2) is 0 Å². The lowest BCUT2D eigenvalue weighted by Gasteiger charge is -2.13. The Morgan fingerprint density at radius 3 is 2.70 bits per heavy atom. The van der Waals surface area contributed by atoms with Crippen molar-refractivity contribution in [2.24, 2.45) is 5.92 Å². The van der Waals surface area contributed by atoms with Gasteiger partial charge in [-0.05, 0) is 24.5 Å². The maximum atomic E-state index is 13.1. The molecule has 5 nitrogen and oxygen atoms in total. The van der Waals surface area contributed by atoms with Crippen LogP contribution in [0.15, 0.2) is 18.2 Å². The van der Waals surface area contributed by atoms with E-state index < -0.39 is 15.8 Å². The Balaban J connectivity index is 2.85. The number of rotatable bonds is 8. The highest BCUT2D eigenvalue weighted by Gasteiger charge is 2.15. The van der Waals surface area contributed by atoms with Gasteiger partial charge in [0, 0.05) is 6.07 Å². The van der Waals surface area contributed by atoms with Gasteiger partial charge in [-0.15, -0.1) is 0 Å². The zero-order valence-corrected chi connectivity index (χ0v) is 12.4. The molecule has 0 radical (unpaired) electrons. The van der Waals surface area contributed by atoms with E-state index >= 15 is 0 Å². The summed E-state index contributed by atoms with van der Waals surface area (Å²) in [7, 11) is -3.51. The average molecular weight is 305 g/mol. The van der Waals surface area contributed by atoms with Crippen molar-refractivity contribution in [3.05, 3.63) is 24.0 Å². The molecule has 0 atom stereocenters. The lowest BCUT2D eigenvalue weighted by molar-refractivity contribution is 0.201. The number of halogens is 1. The van der Waals surface area contributed by atoms with Gasteiger partial charge in [-0.3, -0.25) is 4.72 Å². The van der Waals surface area contributed by atoms with Crippen LogP contribution in [0.1, 0.15) is 20.3 Å². The molecule has 0 aliphatic carbocycles. The predicted octanol–water partition coefficient (Wildman–Crippen LogP) is 1.98. The van der Waals surface area contributed by atoms with Gasteiger partial charge in [-0.2, -0.15) is 0 Å². The average Bonchev–Trinajstić information content (AvgIpc) is 2.37. The molecular weight excluding hydrogens is 285 g/mol. The minimum absolute atomic E-state index is 0.0124. The van der Waals surface area contributed by atoms with Crippen LogP contribution in [0.25, 0.3) is 0 Å². The van der Waals surface area contributed by atoms with Crippen LogP contribution in [-0.4, -0.2) is 32.5 Å². The summed E-state index contributed by atoms with van der Waals surface area (Å²) in [5, 5.41) is 8.71. The Morgan fingerprint density at radius 1 is 1.40 bits per heavy atom. The fraction of sp³-hybridized carbons (Fsp3) is 0.538. The second kappa shape index (κ2) is 7.44. The number of ether oxygens (including phenoxy) is 1. The van der Waals surface area contributed by atoms with Crippen molar-refractivity contribution in [3.63, 3.8) is 0 Å². The van der Waals surface area contributed by atoms with Gasteiger partial charge < -0.3 is 9.84 Å². The second-order valence-electron chi connectivity index (χ2n) is 4.82. The van der Waals surface area contributed by atoms with Gasteiger partial charge in [0.1, 0.15) is 18.2 Å². The summed E-state index contributed by atoms with van der Waals surface area (Å²) in [5.74, 6) is -0.221. The molecular formula is C13H20FNO4S. The second-order valence-corrected chi connectivity index (χ2v) is 6.66.